The smallest absolute Gasteiger partial charge is 0.469 e. The first-order chi connectivity index (χ1) is 15.7. The molecule has 0 aliphatic heterocycles. The van der Waals surface area contributed by atoms with Crippen molar-refractivity contribution in [1.82, 2.24) is 9.97 Å². The number of azo groups is 1. The number of carbonyl (C=O) groups excluding carboxylic acids is 2. The molecule has 0 unspecified atom stereocenters. The van der Waals surface area contributed by atoms with Gasteiger partial charge >= 0.3 is 7.82 Å². The fourth-order valence-corrected chi connectivity index (χ4v) is 2.98. The van der Waals surface area contributed by atoms with Crippen LogP contribution in [0.1, 0.15) is 32.0 Å². The highest BCUT2D eigenvalue weighted by Gasteiger charge is 2.22. The maximum atomic E-state index is 12.4. The van der Waals surface area contributed by atoms with E-state index in [2.05, 4.69) is 30.0 Å². The Balaban J connectivity index is 1.90. The number of nitrogens with one attached hydrogen (secondary N) is 1. The summed E-state index contributed by atoms with van der Waals surface area (Å²) < 4.78 is 15.5. The molecular weight excluding hydrogens is 453 g/mol. The number of benzene rings is 1. The lowest BCUT2D eigenvalue weighted by atomic mass is 10.1. The molecule has 2 aromatic heterocycles. The molecule has 12 nitrogen and oxygen atoms in total. The number of phosphoric acid groups is 1. The molecule has 0 fully saturated rings. The highest BCUT2D eigenvalue weighted by atomic mass is 31.2. The molecule has 13 heteroatoms. The van der Waals surface area contributed by atoms with Crippen molar-refractivity contribution in [2.45, 2.75) is 13.5 Å². The molecule has 3 aromatic rings. The third-order valence-electron chi connectivity index (χ3n) is 4.24. The van der Waals surface area contributed by atoms with Crippen molar-refractivity contribution in [3.8, 4) is 5.75 Å². The summed E-state index contributed by atoms with van der Waals surface area (Å²) in [6, 6.07) is 11.2. The molecule has 170 valence electrons. The number of aryl methyl sites for hydroxylation is 1. The average Bonchev–Trinajstić information content (AvgIpc) is 2.78. The van der Waals surface area contributed by atoms with Gasteiger partial charge in [-0.1, -0.05) is 12.1 Å². The Labute approximate surface area is 187 Å². The molecule has 0 radical (unpaired) electrons. The maximum absolute atomic E-state index is 12.4. The Morgan fingerprint density at radius 3 is 2.67 bits per heavy atom. The Morgan fingerprint density at radius 2 is 2.00 bits per heavy atom. The topological polar surface area (TPSA) is 184 Å². The van der Waals surface area contributed by atoms with Crippen LogP contribution in [-0.4, -0.2) is 37.1 Å². The molecule has 0 saturated carbocycles. The SMILES string of the molecule is Cc1nc(N=Nc2cccc(C(=O)Nc3ccccn3)c2)c(COP(=O)(O)O)c(C=O)c1O. The van der Waals surface area contributed by atoms with Gasteiger partial charge in [-0.3, -0.25) is 14.1 Å². The second kappa shape index (κ2) is 10.2. The molecule has 0 bridgehead atoms. The Bertz CT molecular complexity index is 1260. The normalized spacial score (nSPS) is 11.5. The van der Waals surface area contributed by atoms with Crippen LogP contribution >= 0.6 is 7.82 Å². The summed E-state index contributed by atoms with van der Waals surface area (Å²) in [5, 5.41) is 20.6. The summed E-state index contributed by atoms with van der Waals surface area (Å²) in [4.78, 5) is 49.9. The molecule has 0 aliphatic carbocycles. The zero-order chi connectivity index (χ0) is 24.0. The van der Waals surface area contributed by atoms with Gasteiger partial charge in [0.05, 0.1) is 23.6 Å². The number of aldehydes is 1. The van der Waals surface area contributed by atoms with Crippen LogP contribution in [0.15, 0.2) is 58.9 Å². The van der Waals surface area contributed by atoms with E-state index in [0.29, 0.717) is 12.1 Å². The van der Waals surface area contributed by atoms with E-state index < -0.39 is 26.1 Å². The van der Waals surface area contributed by atoms with Crippen LogP contribution in [0.2, 0.25) is 0 Å². The molecule has 1 amide bonds. The lowest BCUT2D eigenvalue weighted by Crippen LogP contribution is -2.12. The van der Waals surface area contributed by atoms with Crippen LogP contribution in [0.3, 0.4) is 0 Å². The van der Waals surface area contributed by atoms with Gasteiger partial charge in [-0.2, -0.15) is 0 Å². The van der Waals surface area contributed by atoms with Crippen molar-refractivity contribution in [3.05, 3.63) is 71.0 Å². The molecule has 2 heterocycles. The van der Waals surface area contributed by atoms with Crippen molar-refractivity contribution in [3.63, 3.8) is 0 Å². The number of aromatic nitrogens is 2. The average molecular weight is 471 g/mol. The van der Waals surface area contributed by atoms with Gasteiger partial charge in [0, 0.05) is 17.3 Å². The highest BCUT2D eigenvalue weighted by Crippen LogP contribution is 2.40. The number of hydrogen-bond acceptors (Lipinski definition) is 9. The first kappa shape index (κ1) is 23.8. The number of amides is 1. The highest BCUT2D eigenvalue weighted by molar-refractivity contribution is 7.46. The molecule has 0 aliphatic rings. The van der Waals surface area contributed by atoms with Crippen molar-refractivity contribution in [2.75, 3.05) is 5.32 Å². The largest absolute Gasteiger partial charge is 0.505 e. The predicted octanol–water partition coefficient (Wildman–Crippen LogP) is 3.58. The minimum atomic E-state index is -4.88. The van der Waals surface area contributed by atoms with Gasteiger partial charge in [0.2, 0.25) is 0 Å². The lowest BCUT2D eigenvalue weighted by Gasteiger charge is -2.12. The third kappa shape index (κ3) is 6.34. The van der Waals surface area contributed by atoms with Crippen molar-refractivity contribution in [2.24, 2.45) is 10.2 Å². The van der Waals surface area contributed by atoms with E-state index in [9.17, 15) is 19.3 Å². The number of nitrogens with zero attached hydrogens (tertiary/aromatic N) is 4. The second-order valence-corrected chi connectivity index (χ2v) is 7.80. The monoisotopic (exact) mass is 471 g/mol. The lowest BCUT2D eigenvalue weighted by molar-refractivity contribution is 0.102. The van der Waals surface area contributed by atoms with Crippen molar-refractivity contribution < 1.29 is 33.6 Å². The number of phosphoric ester groups is 1. The van der Waals surface area contributed by atoms with E-state index in [1.807, 2.05) is 0 Å². The quantitative estimate of drug-likeness (QED) is 0.217. The van der Waals surface area contributed by atoms with E-state index >= 15 is 0 Å². The van der Waals surface area contributed by atoms with Crippen LogP contribution in [-0.2, 0) is 15.7 Å². The molecule has 0 saturated heterocycles. The molecule has 0 atom stereocenters. The van der Waals surface area contributed by atoms with Gasteiger partial charge in [-0.25, -0.2) is 14.5 Å². The standard InChI is InChI=1S/C20H18N5O7P/c1-12-18(27)15(10-26)16(11-32-33(29,30)31)19(22-12)25-24-14-6-4-5-13(9-14)20(28)23-17-7-2-3-8-21-17/h2-10,27H,11H2,1H3,(H,21,23,28)(H2,29,30,31). The molecule has 4 N–H and O–H groups in total. The van der Waals surface area contributed by atoms with Gasteiger partial charge in [0.25, 0.3) is 5.91 Å². The van der Waals surface area contributed by atoms with Crippen LogP contribution in [0.4, 0.5) is 17.3 Å². The van der Waals surface area contributed by atoms with Gasteiger partial charge in [-0.15, -0.1) is 10.2 Å². The van der Waals surface area contributed by atoms with Crippen LogP contribution in [0.5, 0.6) is 5.75 Å². The predicted molar refractivity (Wildman–Crippen MR) is 116 cm³/mol. The number of hydrogen-bond donors (Lipinski definition) is 4. The van der Waals surface area contributed by atoms with Crippen molar-refractivity contribution in [1.29, 1.82) is 0 Å². The summed E-state index contributed by atoms with van der Waals surface area (Å²) in [7, 11) is -4.88. The molecule has 0 spiro atoms. The minimum Gasteiger partial charge on any atom is -0.505 e. The summed E-state index contributed by atoms with van der Waals surface area (Å²) in [6.07, 6.45) is 1.83. The third-order valence-corrected chi connectivity index (χ3v) is 4.70. The van der Waals surface area contributed by atoms with Crippen LogP contribution in [0, 0.1) is 6.92 Å². The van der Waals surface area contributed by atoms with Gasteiger partial charge in [-0.05, 0) is 37.3 Å². The number of carbonyl (C=O) groups is 2. The van der Waals surface area contributed by atoms with E-state index in [1.165, 1.54) is 19.2 Å². The van der Waals surface area contributed by atoms with Crippen LogP contribution < -0.4 is 5.32 Å². The fraction of sp³-hybridized carbons (Fsp3) is 0.100. The summed E-state index contributed by atoms with van der Waals surface area (Å²) in [5.74, 6) is -0.719. The first-order valence-corrected chi connectivity index (χ1v) is 10.8. The minimum absolute atomic E-state index is 0.0504. The number of aromatic hydroxyl groups is 1. The first-order valence-electron chi connectivity index (χ1n) is 9.30. The van der Waals surface area contributed by atoms with E-state index in [4.69, 9.17) is 9.79 Å². The zero-order valence-corrected chi connectivity index (χ0v) is 18.0. The van der Waals surface area contributed by atoms with E-state index in [1.54, 1.807) is 36.4 Å². The fourth-order valence-electron chi connectivity index (χ4n) is 2.68. The summed E-state index contributed by atoms with van der Waals surface area (Å²) >= 11 is 0. The van der Waals surface area contributed by atoms with Gasteiger partial charge < -0.3 is 20.2 Å². The summed E-state index contributed by atoms with van der Waals surface area (Å²) in [6.45, 7) is 0.664. The number of anilines is 1. The summed E-state index contributed by atoms with van der Waals surface area (Å²) in [5.41, 5.74) is 0.128. The number of pyridine rings is 2. The van der Waals surface area contributed by atoms with E-state index in [-0.39, 0.29) is 33.9 Å². The zero-order valence-electron chi connectivity index (χ0n) is 17.1. The van der Waals surface area contributed by atoms with Gasteiger partial charge in [0.1, 0.15) is 11.6 Å². The second-order valence-electron chi connectivity index (χ2n) is 6.56. The maximum Gasteiger partial charge on any atom is 0.469 e. The molecule has 33 heavy (non-hydrogen) atoms. The van der Waals surface area contributed by atoms with Crippen molar-refractivity contribution >= 4 is 37.3 Å². The Morgan fingerprint density at radius 1 is 1.21 bits per heavy atom. The molecular formula is C20H18N5O7P. The van der Waals surface area contributed by atoms with Crippen LogP contribution in [0.25, 0.3) is 0 Å². The molecule has 3 rings (SSSR count). The van der Waals surface area contributed by atoms with E-state index in [0.717, 1.165) is 0 Å². The Kier molecular flexibility index (Phi) is 7.36. The van der Waals surface area contributed by atoms with Gasteiger partial charge in [0.15, 0.2) is 12.1 Å². The molecule has 1 aromatic carbocycles. The Hall–Kier alpha value is -3.83. The number of rotatable bonds is 8.